The summed E-state index contributed by atoms with van der Waals surface area (Å²) in [6.45, 7) is 0.412. The Morgan fingerprint density at radius 2 is 1.81 bits per heavy atom. The summed E-state index contributed by atoms with van der Waals surface area (Å²) in [4.78, 5) is 16.4. The third kappa shape index (κ3) is 3.86. The van der Waals surface area contributed by atoms with E-state index in [1.807, 2.05) is 54.6 Å². The van der Waals surface area contributed by atoms with E-state index in [-0.39, 0.29) is 11.3 Å². The zero-order chi connectivity index (χ0) is 18.5. The fourth-order valence-electron chi connectivity index (χ4n) is 2.53. The van der Waals surface area contributed by atoms with Crippen LogP contribution in [0.5, 0.6) is 5.75 Å². The molecule has 0 aliphatic rings. The van der Waals surface area contributed by atoms with Gasteiger partial charge in [-0.15, -0.1) is 0 Å². The molecule has 1 heterocycles. The second kappa shape index (κ2) is 8.01. The molecule has 6 heteroatoms. The van der Waals surface area contributed by atoms with Crippen molar-refractivity contribution < 1.29 is 14.3 Å². The smallest absolute Gasteiger partial charge is 0.340 e. The molecular weight excluding hydrogens is 396 g/mol. The van der Waals surface area contributed by atoms with E-state index in [0.29, 0.717) is 28.2 Å². The molecule has 0 atom stereocenters. The van der Waals surface area contributed by atoms with Gasteiger partial charge in [0.15, 0.2) is 0 Å². The first-order chi connectivity index (χ1) is 12.6. The van der Waals surface area contributed by atoms with Crippen LogP contribution in [0.4, 0.5) is 5.69 Å². The summed E-state index contributed by atoms with van der Waals surface area (Å²) in [6, 6.07) is 18.8. The summed E-state index contributed by atoms with van der Waals surface area (Å²) in [5, 5.41) is 0. The Hall–Kier alpha value is -2.86. The number of benzene rings is 2. The molecule has 0 radical (unpaired) electrons. The number of nitrogens with zero attached hydrogens (tertiary/aromatic N) is 1. The largest absolute Gasteiger partial charge is 0.488 e. The van der Waals surface area contributed by atoms with Crippen LogP contribution >= 0.6 is 15.9 Å². The maximum atomic E-state index is 12.0. The number of nitrogens with two attached hydrogens (primary N) is 1. The molecule has 1 aromatic heterocycles. The second-order valence-electron chi connectivity index (χ2n) is 5.52. The number of esters is 1. The lowest BCUT2D eigenvalue weighted by molar-refractivity contribution is 0.0601. The van der Waals surface area contributed by atoms with E-state index in [0.717, 1.165) is 5.56 Å². The van der Waals surface area contributed by atoms with Crippen LogP contribution in [-0.4, -0.2) is 18.1 Å². The molecule has 3 rings (SSSR count). The molecule has 0 saturated heterocycles. The van der Waals surface area contributed by atoms with Crippen LogP contribution in [0.2, 0.25) is 0 Å². The van der Waals surface area contributed by atoms with E-state index in [4.69, 9.17) is 15.2 Å². The van der Waals surface area contributed by atoms with Gasteiger partial charge >= 0.3 is 5.97 Å². The lowest BCUT2D eigenvalue weighted by Crippen LogP contribution is -2.09. The predicted molar refractivity (Wildman–Crippen MR) is 104 cm³/mol. The van der Waals surface area contributed by atoms with Crippen molar-refractivity contribution in [2.24, 2.45) is 0 Å². The number of ether oxygens (including phenoxy) is 2. The lowest BCUT2D eigenvalue weighted by Gasteiger charge is -2.14. The highest BCUT2D eigenvalue weighted by atomic mass is 79.9. The van der Waals surface area contributed by atoms with E-state index < -0.39 is 5.97 Å². The predicted octanol–water partition coefficient (Wildman–Crippen LogP) is 4.46. The second-order valence-corrected chi connectivity index (χ2v) is 6.33. The zero-order valence-electron chi connectivity index (χ0n) is 14.1. The Morgan fingerprint density at radius 3 is 2.54 bits per heavy atom. The Kier molecular flexibility index (Phi) is 5.53. The number of carbonyl (C=O) groups is 1. The molecule has 0 spiro atoms. The summed E-state index contributed by atoms with van der Waals surface area (Å²) < 4.78 is 11.3. The number of carbonyl (C=O) groups excluding carboxylic acids is 1. The number of para-hydroxylation sites is 1. The minimum absolute atomic E-state index is 0.246. The van der Waals surface area contributed by atoms with Crippen molar-refractivity contribution in [3.8, 4) is 17.0 Å². The van der Waals surface area contributed by atoms with Gasteiger partial charge in [-0.1, -0.05) is 42.5 Å². The van der Waals surface area contributed by atoms with Gasteiger partial charge in [0.2, 0.25) is 0 Å². The highest BCUT2D eigenvalue weighted by Crippen LogP contribution is 2.35. The molecule has 26 heavy (non-hydrogen) atoms. The Bertz CT molecular complexity index is 930. The summed E-state index contributed by atoms with van der Waals surface area (Å²) >= 11 is 3.33. The minimum atomic E-state index is -0.519. The Morgan fingerprint density at radius 1 is 1.12 bits per heavy atom. The van der Waals surface area contributed by atoms with E-state index in [2.05, 4.69) is 20.9 Å². The van der Waals surface area contributed by atoms with Gasteiger partial charge in [0.05, 0.1) is 24.1 Å². The first-order valence-corrected chi connectivity index (χ1v) is 8.70. The van der Waals surface area contributed by atoms with Crippen molar-refractivity contribution in [2.45, 2.75) is 6.61 Å². The number of hydrogen-bond acceptors (Lipinski definition) is 5. The van der Waals surface area contributed by atoms with Crippen molar-refractivity contribution >= 4 is 27.6 Å². The van der Waals surface area contributed by atoms with Crippen LogP contribution in [0.3, 0.4) is 0 Å². The number of pyridine rings is 1. The molecule has 0 unspecified atom stereocenters. The molecule has 5 nitrogen and oxygen atoms in total. The fourth-order valence-corrected chi connectivity index (χ4v) is 2.94. The number of nitrogen functional groups attached to an aromatic ring is 1. The summed E-state index contributed by atoms with van der Waals surface area (Å²) in [5.74, 6) is 0.110. The van der Waals surface area contributed by atoms with Gasteiger partial charge in [-0.2, -0.15) is 0 Å². The van der Waals surface area contributed by atoms with Crippen LogP contribution in [-0.2, 0) is 11.3 Å². The Labute approximate surface area is 159 Å². The maximum absolute atomic E-state index is 12.0. The van der Waals surface area contributed by atoms with Crippen LogP contribution in [0.25, 0.3) is 11.3 Å². The standard InChI is InChI=1S/C20H17BrN2O3/c1-25-20(24)15-11-17(21)23-19(18(15)22)14-9-5-6-10-16(14)26-12-13-7-3-2-4-8-13/h2-11H,12,22H2,1H3. The van der Waals surface area contributed by atoms with Crippen molar-refractivity contribution in [3.63, 3.8) is 0 Å². The SMILES string of the molecule is COC(=O)c1cc(Br)nc(-c2ccccc2OCc2ccccc2)c1N. The average molecular weight is 413 g/mol. The van der Waals surface area contributed by atoms with E-state index in [1.54, 1.807) is 0 Å². The monoisotopic (exact) mass is 412 g/mol. The summed E-state index contributed by atoms with van der Waals surface area (Å²) in [6.07, 6.45) is 0. The van der Waals surface area contributed by atoms with Gasteiger partial charge in [0, 0.05) is 5.56 Å². The van der Waals surface area contributed by atoms with Gasteiger partial charge < -0.3 is 15.2 Å². The van der Waals surface area contributed by atoms with Gasteiger partial charge in [0.1, 0.15) is 17.0 Å². The third-order valence-corrected chi connectivity index (χ3v) is 4.22. The maximum Gasteiger partial charge on any atom is 0.340 e. The van der Waals surface area contributed by atoms with Crippen molar-refractivity contribution in [2.75, 3.05) is 12.8 Å². The molecule has 3 aromatic rings. The molecule has 0 bridgehead atoms. The lowest BCUT2D eigenvalue weighted by atomic mass is 10.1. The van der Waals surface area contributed by atoms with Gasteiger partial charge in [-0.25, -0.2) is 9.78 Å². The molecule has 0 saturated carbocycles. The van der Waals surface area contributed by atoms with Crippen LogP contribution in [0.15, 0.2) is 65.3 Å². The molecule has 0 aliphatic carbocycles. The molecule has 0 amide bonds. The average Bonchev–Trinajstić information content (AvgIpc) is 2.68. The van der Waals surface area contributed by atoms with E-state index in [1.165, 1.54) is 13.2 Å². The van der Waals surface area contributed by atoms with Crippen LogP contribution in [0, 0.1) is 0 Å². The molecule has 2 N–H and O–H groups in total. The topological polar surface area (TPSA) is 74.4 Å². The number of aromatic nitrogens is 1. The van der Waals surface area contributed by atoms with E-state index in [9.17, 15) is 4.79 Å². The fraction of sp³-hybridized carbons (Fsp3) is 0.100. The van der Waals surface area contributed by atoms with Gasteiger partial charge in [-0.3, -0.25) is 0 Å². The number of methoxy groups -OCH3 is 1. The van der Waals surface area contributed by atoms with Crippen LogP contribution < -0.4 is 10.5 Å². The van der Waals surface area contributed by atoms with E-state index >= 15 is 0 Å². The van der Waals surface area contributed by atoms with Gasteiger partial charge in [-0.05, 0) is 39.7 Å². The zero-order valence-corrected chi connectivity index (χ0v) is 15.7. The molecule has 0 fully saturated rings. The number of anilines is 1. The number of halogens is 1. The van der Waals surface area contributed by atoms with Crippen LogP contribution in [0.1, 0.15) is 15.9 Å². The first kappa shape index (κ1) is 17.9. The Balaban J connectivity index is 2.00. The molecule has 132 valence electrons. The van der Waals surface area contributed by atoms with Crippen molar-refractivity contribution in [3.05, 3.63) is 76.4 Å². The number of rotatable bonds is 5. The highest BCUT2D eigenvalue weighted by Gasteiger charge is 2.19. The van der Waals surface area contributed by atoms with Crippen molar-refractivity contribution in [1.82, 2.24) is 4.98 Å². The third-order valence-electron chi connectivity index (χ3n) is 3.81. The van der Waals surface area contributed by atoms with Crippen molar-refractivity contribution in [1.29, 1.82) is 0 Å². The molecular formula is C20H17BrN2O3. The summed E-state index contributed by atoms with van der Waals surface area (Å²) in [5.41, 5.74) is 8.91. The highest BCUT2D eigenvalue weighted by molar-refractivity contribution is 9.10. The minimum Gasteiger partial charge on any atom is -0.488 e. The number of hydrogen-bond donors (Lipinski definition) is 1. The first-order valence-electron chi connectivity index (χ1n) is 7.90. The molecule has 2 aromatic carbocycles. The normalized spacial score (nSPS) is 10.4. The quantitative estimate of drug-likeness (QED) is 0.494. The molecule has 0 aliphatic heterocycles. The van der Waals surface area contributed by atoms with Gasteiger partial charge in [0.25, 0.3) is 0 Å². The summed E-state index contributed by atoms with van der Waals surface area (Å²) in [7, 11) is 1.31.